The minimum absolute atomic E-state index is 0. The van der Waals surface area contributed by atoms with Gasteiger partial charge in [0, 0.05) is 0 Å². The van der Waals surface area contributed by atoms with Gasteiger partial charge in [0.15, 0.2) is 0 Å². The molecule has 0 bridgehead atoms. The molecule has 0 heterocycles. The van der Waals surface area contributed by atoms with Crippen LogP contribution >= 0.6 is 0 Å². The van der Waals surface area contributed by atoms with Crippen LogP contribution in [0.2, 0.25) is 0 Å². The predicted molar refractivity (Wildman–Crippen MR) is 12.8 cm³/mol. The maximum absolute atomic E-state index is 0. The van der Waals surface area contributed by atoms with Gasteiger partial charge in [-0.15, -0.1) is 0 Å². The summed E-state index contributed by atoms with van der Waals surface area (Å²) in [5, 5.41) is 0. The van der Waals surface area contributed by atoms with E-state index in [1.807, 2.05) is 0 Å². The molecule has 0 aliphatic carbocycles. The summed E-state index contributed by atoms with van der Waals surface area (Å²) in [6.07, 6.45) is 0. The molecule has 7 N–H and O–H groups in total. The molecule has 0 aromatic carbocycles. The number of hydrogen-bond donors (Lipinski definition) is 0. The fraction of sp³-hybridized carbons (Fsp3) is 0. The van der Waals surface area contributed by atoms with Crippen LogP contribution in [0.25, 0.3) is 0 Å². The number of hydrogen-bond acceptors (Lipinski definition) is 1. The maximum atomic E-state index is 0. The molecule has 0 aromatic heterocycles. The summed E-state index contributed by atoms with van der Waals surface area (Å²) in [6.45, 7) is 0. The van der Waals surface area contributed by atoms with E-state index in [4.69, 9.17) is 0 Å². The molecule has 0 amide bonds. The molecular weight excluding hydrogens is 103 g/mol. The summed E-state index contributed by atoms with van der Waals surface area (Å²) >= 11 is 0. The second-order valence-corrected chi connectivity index (χ2v) is 0. The first-order valence-electron chi connectivity index (χ1n) is 0. The minimum Gasteiger partial charge on any atom is -0.870 e. The maximum Gasteiger partial charge on any atom is 1.00 e. The molecule has 5 heavy (non-hydrogen) atoms. The molecule has 5 heteroatoms. The van der Waals surface area contributed by atoms with Crippen LogP contribution in [0, 0.1) is 0 Å². The second kappa shape index (κ2) is 50.3. The van der Waals surface area contributed by atoms with E-state index in [0.29, 0.717) is 0 Å². The predicted octanol–water partition coefficient (Wildman–Crippen LogP) is -5.65. The van der Waals surface area contributed by atoms with Crippen LogP contribution in [0.5, 0.6) is 0 Å². The van der Waals surface area contributed by atoms with Crippen molar-refractivity contribution in [3.63, 3.8) is 0 Å². The van der Waals surface area contributed by atoms with Gasteiger partial charge in [0.2, 0.25) is 0 Å². The van der Waals surface area contributed by atoms with E-state index in [1.165, 1.54) is 0 Å². The third-order valence-corrected chi connectivity index (χ3v) is 0. The van der Waals surface area contributed by atoms with Crippen molar-refractivity contribution >= 4 is 0 Å². The van der Waals surface area contributed by atoms with Crippen molar-refractivity contribution in [3.8, 4) is 0 Å². The normalized spacial score (nSPS) is 0. The fourth-order valence-electron chi connectivity index (χ4n) is 0. The van der Waals surface area contributed by atoms with Gasteiger partial charge >= 0.3 is 51.4 Å². The molecule has 0 unspecified atom stereocenters. The fourth-order valence-corrected chi connectivity index (χ4v) is 0. The van der Waals surface area contributed by atoms with Gasteiger partial charge in [-0.25, -0.2) is 0 Å². The molecule has 0 saturated carbocycles. The molecule has 0 rings (SSSR count). The van der Waals surface area contributed by atoms with Gasteiger partial charge in [-0.2, -0.15) is 0 Å². The molecule has 0 atom stereocenters. The smallest absolute Gasteiger partial charge is 0.870 e. The molecule has 0 aromatic rings. The van der Waals surface area contributed by atoms with Crippen LogP contribution in [-0.4, -0.2) is 21.9 Å². The van der Waals surface area contributed by atoms with E-state index < -0.39 is 0 Å². The third kappa shape index (κ3) is 30.4. The Labute approximate surface area is 72.2 Å². The first kappa shape index (κ1) is 89.1. The molecule has 0 radical (unpaired) electrons. The van der Waals surface area contributed by atoms with Gasteiger partial charge in [-0.05, 0) is 0 Å². The monoisotopic (exact) mass is 110 g/mol. The molecule has 0 aliphatic rings. The zero-order valence-corrected chi connectivity index (χ0v) is 6.07. The van der Waals surface area contributed by atoms with Gasteiger partial charge in [-0.3, -0.25) is 0 Å². The van der Waals surface area contributed by atoms with Crippen molar-refractivity contribution in [1.82, 2.24) is 0 Å². The first-order chi connectivity index (χ1) is 0. The van der Waals surface area contributed by atoms with Crippen molar-refractivity contribution in [2.75, 3.05) is 0 Å². The first-order valence-corrected chi connectivity index (χ1v) is 0. The molecule has 0 fully saturated rings. The quantitative estimate of drug-likeness (QED) is 0.283. The molecule has 0 aliphatic heterocycles. The van der Waals surface area contributed by atoms with E-state index in [-0.39, 0.29) is 73.3 Å². The Kier molecular flexibility index (Phi) is 897. The molecule has 0 saturated heterocycles. The summed E-state index contributed by atoms with van der Waals surface area (Å²) in [5.41, 5.74) is 0. The SMILES string of the molecule is O.O.O.[K+].[OH-]. The van der Waals surface area contributed by atoms with Crippen LogP contribution < -0.4 is 51.4 Å². The van der Waals surface area contributed by atoms with E-state index in [1.54, 1.807) is 0 Å². The standard InChI is InChI=1S/K.4H2O/h;4*1H2/q+1;;;;/p-1. The zero-order valence-electron chi connectivity index (χ0n) is 2.95. The Morgan fingerprint density at radius 3 is 0.600 bits per heavy atom. The molecular formula is H7KO4. The van der Waals surface area contributed by atoms with Crippen molar-refractivity contribution < 1.29 is 73.3 Å². The topological polar surface area (TPSA) is 124 Å². The second-order valence-electron chi connectivity index (χ2n) is 0. The Morgan fingerprint density at radius 2 is 0.600 bits per heavy atom. The Hall–Kier alpha value is 1.48. The van der Waals surface area contributed by atoms with Gasteiger partial charge in [0.1, 0.15) is 0 Å². The van der Waals surface area contributed by atoms with Crippen LogP contribution in [0.3, 0.4) is 0 Å². The molecule has 32 valence electrons. The van der Waals surface area contributed by atoms with Crippen LogP contribution in [0.1, 0.15) is 0 Å². The Bertz CT molecular complexity index is 3.61. The van der Waals surface area contributed by atoms with Crippen molar-refractivity contribution in [2.45, 2.75) is 0 Å². The zero-order chi connectivity index (χ0) is 0. The summed E-state index contributed by atoms with van der Waals surface area (Å²) < 4.78 is 0. The average molecular weight is 110 g/mol. The van der Waals surface area contributed by atoms with Crippen LogP contribution in [-0.2, 0) is 0 Å². The Balaban J connectivity index is 0. The van der Waals surface area contributed by atoms with E-state index in [2.05, 4.69) is 0 Å². The van der Waals surface area contributed by atoms with E-state index in [9.17, 15) is 0 Å². The molecule has 0 spiro atoms. The summed E-state index contributed by atoms with van der Waals surface area (Å²) in [4.78, 5) is 0. The van der Waals surface area contributed by atoms with Gasteiger partial charge < -0.3 is 21.9 Å². The summed E-state index contributed by atoms with van der Waals surface area (Å²) in [7, 11) is 0. The van der Waals surface area contributed by atoms with Gasteiger partial charge in [-0.1, -0.05) is 0 Å². The largest absolute Gasteiger partial charge is 1.00 e. The summed E-state index contributed by atoms with van der Waals surface area (Å²) in [6, 6.07) is 0. The van der Waals surface area contributed by atoms with E-state index >= 15 is 0 Å². The van der Waals surface area contributed by atoms with E-state index in [0.717, 1.165) is 0 Å². The number of rotatable bonds is 0. The van der Waals surface area contributed by atoms with Crippen molar-refractivity contribution in [1.29, 1.82) is 0 Å². The van der Waals surface area contributed by atoms with Gasteiger partial charge in [0.25, 0.3) is 0 Å². The Morgan fingerprint density at radius 1 is 0.600 bits per heavy atom. The molecule has 4 nitrogen and oxygen atoms in total. The van der Waals surface area contributed by atoms with Crippen LogP contribution in [0.15, 0.2) is 0 Å². The van der Waals surface area contributed by atoms with Gasteiger partial charge in [0.05, 0.1) is 0 Å². The summed E-state index contributed by atoms with van der Waals surface area (Å²) in [5.74, 6) is 0. The van der Waals surface area contributed by atoms with Crippen LogP contribution in [0.4, 0.5) is 0 Å². The average Bonchev–Trinajstić information content (AvgIpc) is 0. The van der Waals surface area contributed by atoms with Crippen molar-refractivity contribution in [2.24, 2.45) is 0 Å². The van der Waals surface area contributed by atoms with Crippen molar-refractivity contribution in [3.05, 3.63) is 0 Å². The third-order valence-electron chi connectivity index (χ3n) is 0. The minimum atomic E-state index is 0.